The number of anilines is 1. The number of ether oxygens (including phenoxy) is 2. The minimum Gasteiger partial charge on any atom is -0.489 e. The molecular weight excluding hydrogens is 272 g/mol. The second kappa shape index (κ2) is 7.26. The first-order valence-electron chi connectivity index (χ1n) is 6.56. The average molecular weight is 292 g/mol. The maximum absolute atomic E-state index is 5.75. The normalized spacial score (nSPS) is 10.6. The molecule has 2 rings (SSSR count). The quantitative estimate of drug-likeness (QED) is 0.794. The topological polar surface area (TPSA) is 43.4 Å². The van der Waals surface area contributed by atoms with Crippen molar-refractivity contribution in [1.82, 2.24) is 4.98 Å². The summed E-state index contributed by atoms with van der Waals surface area (Å²) in [7, 11) is 1.67. The molecule has 1 N–H and O–H groups in total. The molecule has 0 aliphatic rings. The zero-order valence-corrected chi connectivity index (χ0v) is 12.9. The lowest BCUT2D eigenvalue weighted by Gasteiger charge is -2.13. The molecular formula is C15H20N2O2S. The molecule has 4 nitrogen and oxygen atoms in total. The molecule has 0 saturated carbocycles. The molecule has 0 unspecified atom stereocenters. The van der Waals surface area contributed by atoms with Gasteiger partial charge < -0.3 is 14.8 Å². The maximum atomic E-state index is 5.75. The van der Waals surface area contributed by atoms with Crippen molar-refractivity contribution in [2.45, 2.75) is 20.4 Å². The molecule has 0 fully saturated rings. The van der Waals surface area contributed by atoms with E-state index < -0.39 is 0 Å². The van der Waals surface area contributed by atoms with Gasteiger partial charge in [0, 0.05) is 18.2 Å². The van der Waals surface area contributed by atoms with Gasteiger partial charge in [-0.3, -0.25) is 0 Å². The van der Waals surface area contributed by atoms with Crippen molar-refractivity contribution in [1.29, 1.82) is 0 Å². The van der Waals surface area contributed by atoms with E-state index in [9.17, 15) is 0 Å². The van der Waals surface area contributed by atoms with Gasteiger partial charge in [0.05, 0.1) is 23.8 Å². The average Bonchev–Trinajstić information content (AvgIpc) is 2.84. The molecule has 0 atom stereocenters. The SMILES string of the molecule is COCCOc1cc(C)ccc1NCc1cnc(C)s1. The van der Waals surface area contributed by atoms with Crippen LogP contribution in [0.5, 0.6) is 5.75 Å². The largest absolute Gasteiger partial charge is 0.489 e. The van der Waals surface area contributed by atoms with Crippen LogP contribution in [0.25, 0.3) is 0 Å². The summed E-state index contributed by atoms with van der Waals surface area (Å²) >= 11 is 1.70. The van der Waals surface area contributed by atoms with Gasteiger partial charge in [0.2, 0.25) is 0 Å². The third kappa shape index (κ3) is 4.21. The van der Waals surface area contributed by atoms with Crippen molar-refractivity contribution in [3.63, 3.8) is 0 Å². The number of benzene rings is 1. The van der Waals surface area contributed by atoms with Crippen molar-refractivity contribution >= 4 is 17.0 Å². The van der Waals surface area contributed by atoms with Crippen LogP contribution in [0.1, 0.15) is 15.4 Å². The van der Waals surface area contributed by atoms with Gasteiger partial charge in [0.15, 0.2) is 0 Å². The van der Waals surface area contributed by atoms with Gasteiger partial charge >= 0.3 is 0 Å². The van der Waals surface area contributed by atoms with E-state index in [0.29, 0.717) is 13.2 Å². The summed E-state index contributed by atoms with van der Waals surface area (Å²) in [5.74, 6) is 0.864. The highest BCUT2D eigenvalue weighted by Gasteiger charge is 2.05. The van der Waals surface area contributed by atoms with Gasteiger partial charge in [0.1, 0.15) is 12.4 Å². The van der Waals surface area contributed by atoms with E-state index in [1.165, 1.54) is 10.4 Å². The molecule has 0 amide bonds. The fraction of sp³-hybridized carbons (Fsp3) is 0.400. The van der Waals surface area contributed by atoms with Crippen molar-refractivity contribution in [2.75, 3.05) is 25.6 Å². The monoisotopic (exact) mass is 292 g/mol. The Balaban J connectivity index is 2.01. The van der Waals surface area contributed by atoms with E-state index in [1.54, 1.807) is 18.4 Å². The molecule has 0 radical (unpaired) electrons. The second-order valence-electron chi connectivity index (χ2n) is 4.54. The predicted molar refractivity (Wildman–Crippen MR) is 82.7 cm³/mol. The molecule has 0 aliphatic heterocycles. The van der Waals surface area contributed by atoms with Crippen molar-refractivity contribution in [2.24, 2.45) is 0 Å². The number of aromatic nitrogens is 1. The molecule has 0 spiro atoms. The standard InChI is InChI=1S/C15H20N2O2S/c1-11-4-5-14(15(8-11)19-7-6-18-3)17-10-13-9-16-12(2)20-13/h4-5,8-9,17H,6-7,10H2,1-3H3. The van der Waals surface area contributed by atoms with Gasteiger partial charge in [0.25, 0.3) is 0 Å². The summed E-state index contributed by atoms with van der Waals surface area (Å²) in [5.41, 5.74) is 2.18. The number of hydrogen-bond acceptors (Lipinski definition) is 5. The fourth-order valence-corrected chi connectivity index (χ4v) is 2.53. The van der Waals surface area contributed by atoms with E-state index in [4.69, 9.17) is 9.47 Å². The van der Waals surface area contributed by atoms with Gasteiger partial charge in [-0.25, -0.2) is 4.98 Å². The molecule has 0 aliphatic carbocycles. The van der Waals surface area contributed by atoms with Gasteiger partial charge in [-0.05, 0) is 31.5 Å². The van der Waals surface area contributed by atoms with E-state index in [2.05, 4.69) is 23.3 Å². The van der Waals surface area contributed by atoms with Crippen LogP contribution in [0.4, 0.5) is 5.69 Å². The highest BCUT2D eigenvalue weighted by Crippen LogP contribution is 2.26. The summed E-state index contributed by atoms with van der Waals surface area (Å²) < 4.78 is 10.8. The third-order valence-corrected chi connectivity index (χ3v) is 3.72. The lowest BCUT2D eigenvalue weighted by Crippen LogP contribution is -2.07. The van der Waals surface area contributed by atoms with Crippen LogP contribution < -0.4 is 10.1 Å². The summed E-state index contributed by atoms with van der Waals surface area (Å²) in [6.07, 6.45) is 1.91. The lowest BCUT2D eigenvalue weighted by molar-refractivity contribution is 0.146. The molecule has 5 heteroatoms. The zero-order valence-electron chi connectivity index (χ0n) is 12.1. The van der Waals surface area contributed by atoms with Gasteiger partial charge in [-0.15, -0.1) is 11.3 Å². The Labute approximate surface area is 123 Å². The van der Waals surface area contributed by atoms with Crippen LogP contribution in [0, 0.1) is 13.8 Å². The minimum absolute atomic E-state index is 0.550. The van der Waals surface area contributed by atoms with Crippen LogP contribution in [0.3, 0.4) is 0 Å². The molecule has 0 bridgehead atoms. The maximum Gasteiger partial charge on any atom is 0.142 e. The minimum atomic E-state index is 0.550. The molecule has 2 aromatic rings. The number of methoxy groups -OCH3 is 1. The first-order chi connectivity index (χ1) is 9.69. The third-order valence-electron chi connectivity index (χ3n) is 2.80. The van der Waals surface area contributed by atoms with Gasteiger partial charge in [-0.1, -0.05) is 6.07 Å². The second-order valence-corrected chi connectivity index (χ2v) is 5.86. The van der Waals surface area contributed by atoms with Crippen molar-refractivity contribution < 1.29 is 9.47 Å². The highest BCUT2D eigenvalue weighted by molar-refractivity contribution is 7.11. The number of rotatable bonds is 7. The molecule has 108 valence electrons. The first kappa shape index (κ1) is 14.8. The number of nitrogens with zero attached hydrogens (tertiary/aromatic N) is 1. The summed E-state index contributed by atoms with van der Waals surface area (Å²) in [6, 6.07) is 6.16. The summed E-state index contributed by atoms with van der Waals surface area (Å²) in [4.78, 5) is 5.47. The number of aryl methyl sites for hydroxylation is 2. The van der Waals surface area contributed by atoms with E-state index >= 15 is 0 Å². The van der Waals surface area contributed by atoms with E-state index in [0.717, 1.165) is 23.0 Å². The smallest absolute Gasteiger partial charge is 0.142 e. The number of hydrogen-bond donors (Lipinski definition) is 1. The summed E-state index contributed by atoms with van der Waals surface area (Å²) in [5, 5.41) is 4.49. The van der Waals surface area contributed by atoms with Crippen molar-refractivity contribution in [3.05, 3.63) is 39.8 Å². The molecule has 1 aromatic heterocycles. The Morgan fingerprint density at radius 3 is 2.80 bits per heavy atom. The molecule has 0 saturated heterocycles. The summed E-state index contributed by atoms with van der Waals surface area (Å²) in [6.45, 7) is 5.96. The van der Waals surface area contributed by atoms with Crippen LogP contribution in [0.15, 0.2) is 24.4 Å². The van der Waals surface area contributed by atoms with Gasteiger partial charge in [-0.2, -0.15) is 0 Å². The van der Waals surface area contributed by atoms with Crippen LogP contribution in [-0.2, 0) is 11.3 Å². The Bertz CT molecular complexity index is 555. The predicted octanol–water partition coefficient (Wildman–Crippen LogP) is 3.40. The first-order valence-corrected chi connectivity index (χ1v) is 7.38. The van der Waals surface area contributed by atoms with Crippen molar-refractivity contribution in [3.8, 4) is 5.75 Å². The number of nitrogens with one attached hydrogen (secondary N) is 1. The van der Waals surface area contributed by atoms with E-state index in [-0.39, 0.29) is 0 Å². The molecule has 20 heavy (non-hydrogen) atoms. The Morgan fingerprint density at radius 1 is 1.25 bits per heavy atom. The van der Waals surface area contributed by atoms with Crippen LogP contribution >= 0.6 is 11.3 Å². The number of thiazole rings is 1. The Morgan fingerprint density at radius 2 is 2.10 bits per heavy atom. The highest BCUT2D eigenvalue weighted by atomic mass is 32.1. The van der Waals surface area contributed by atoms with E-state index in [1.807, 2.05) is 25.3 Å². The molecule has 1 heterocycles. The lowest BCUT2D eigenvalue weighted by atomic mass is 10.2. The fourth-order valence-electron chi connectivity index (χ4n) is 1.80. The zero-order chi connectivity index (χ0) is 14.4. The van der Waals surface area contributed by atoms with Crippen LogP contribution in [0.2, 0.25) is 0 Å². The Hall–Kier alpha value is -1.59. The van der Waals surface area contributed by atoms with Crippen LogP contribution in [-0.4, -0.2) is 25.3 Å². The molecule has 1 aromatic carbocycles. The Kier molecular flexibility index (Phi) is 5.38.